The average Bonchev–Trinajstić information content (AvgIpc) is 4.09. The van der Waals surface area contributed by atoms with Crippen molar-refractivity contribution in [1.82, 2.24) is 40.4 Å². The fraction of sp³-hybridized carbons (Fsp3) is 0.391. The number of imidazole rings is 2. The number of ether oxygens (including phenoxy) is 1. The van der Waals surface area contributed by atoms with Gasteiger partial charge in [-0.3, -0.25) is 9.59 Å². The fourth-order valence-corrected chi connectivity index (χ4v) is 8.89. The molecule has 14 nitrogen and oxygen atoms in total. The number of benzene rings is 3. The summed E-state index contributed by atoms with van der Waals surface area (Å²) in [6, 6.07) is 23.9. The number of likely N-dealkylation sites (tertiary alicyclic amines) is 2. The van der Waals surface area contributed by atoms with Crippen LogP contribution < -0.4 is 10.6 Å². The molecule has 3 aliphatic rings. The second kappa shape index (κ2) is 17.0. The minimum Gasteiger partial charge on any atom is -0.465 e. The summed E-state index contributed by atoms with van der Waals surface area (Å²) in [5.41, 5.74) is 5.80. The average molecular weight is 813 g/mol. The number of H-pyrrole nitrogens is 2. The van der Waals surface area contributed by atoms with E-state index < -0.39 is 23.8 Å². The Morgan fingerprint density at radius 2 is 1.27 bits per heavy atom. The number of hydrogen-bond donors (Lipinski definition) is 5. The van der Waals surface area contributed by atoms with E-state index in [4.69, 9.17) is 9.72 Å². The molecule has 2 aliphatic heterocycles. The van der Waals surface area contributed by atoms with Crippen LogP contribution in [-0.2, 0) is 14.3 Å². The van der Waals surface area contributed by atoms with Gasteiger partial charge in [0.2, 0.25) is 5.91 Å². The zero-order valence-corrected chi connectivity index (χ0v) is 34.2. The first kappa shape index (κ1) is 40.3. The van der Waals surface area contributed by atoms with Gasteiger partial charge in [-0.05, 0) is 93.5 Å². The first-order chi connectivity index (χ1) is 28.9. The van der Waals surface area contributed by atoms with E-state index in [1.165, 1.54) is 0 Å². The summed E-state index contributed by atoms with van der Waals surface area (Å²) in [7, 11) is 0. The lowest BCUT2D eigenvalue weighted by Crippen LogP contribution is -2.42. The molecule has 2 saturated heterocycles. The molecule has 3 aromatic carbocycles. The topological polar surface area (TPSA) is 186 Å². The van der Waals surface area contributed by atoms with Gasteiger partial charge in [-0.1, -0.05) is 78.9 Å². The van der Waals surface area contributed by atoms with Gasteiger partial charge in [0.05, 0.1) is 35.9 Å². The number of carbonyl (C=O) groups excluding carboxylic acids is 3. The van der Waals surface area contributed by atoms with Crippen molar-refractivity contribution < 1.29 is 29.0 Å². The van der Waals surface area contributed by atoms with Crippen molar-refractivity contribution in [2.24, 2.45) is 5.92 Å². The second-order valence-corrected chi connectivity index (χ2v) is 17.0. The molecule has 4 amide bonds. The lowest BCUT2D eigenvalue weighted by molar-refractivity contribution is -0.136. The van der Waals surface area contributed by atoms with Crippen LogP contribution in [0.5, 0.6) is 0 Å². The van der Waals surface area contributed by atoms with Crippen LogP contribution in [0.15, 0.2) is 91.3 Å². The number of carboxylic acid groups (broad SMARTS) is 1. The van der Waals surface area contributed by atoms with Gasteiger partial charge in [0.1, 0.15) is 23.3 Å². The Morgan fingerprint density at radius 3 is 1.82 bits per heavy atom. The molecule has 2 aromatic heterocycles. The van der Waals surface area contributed by atoms with Crippen LogP contribution in [0.3, 0.4) is 0 Å². The highest BCUT2D eigenvalue weighted by molar-refractivity contribution is 5.87. The number of aromatic nitrogens is 4. The minimum absolute atomic E-state index is 0.0733. The Kier molecular flexibility index (Phi) is 11.5. The summed E-state index contributed by atoms with van der Waals surface area (Å²) >= 11 is 0. The van der Waals surface area contributed by atoms with Gasteiger partial charge in [-0.2, -0.15) is 0 Å². The Bertz CT molecular complexity index is 2320. The summed E-state index contributed by atoms with van der Waals surface area (Å²) in [5.74, 6) is 1.15. The zero-order chi connectivity index (χ0) is 42.0. The van der Waals surface area contributed by atoms with Gasteiger partial charge >= 0.3 is 12.2 Å². The molecule has 1 aliphatic carbocycles. The molecular formula is C46H52N8O6. The van der Waals surface area contributed by atoms with Gasteiger partial charge in [0.15, 0.2) is 0 Å². The van der Waals surface area contributed by atoms with Crippen molar-refractivity contribution in [3.05, 3.63) is 108 Å². The van der Waals surface area contributed by atoms with Crippen LogP contribution in [0.1, 0.15) is 101 Å². The third-order valence-corrected chi connectivity index (χ3v) is 11.8. The monoisotopic (exact) mass is 812 g/mol. The molecule has 5 N–H and O–H groups in total. The van der Waals surface area contributed by atoms with Crippen molar-refractivity contribution in [3.63, 3.8) is 0 Å². The lowest BCUT2D eigenvalue weighted by Gasteiger charge is -2.28. The van der Waals surface area contributed by atoms with E-state index in [2.05, 4.69) is 62.0 Å². The first-order valence-electron chi connectivity index (χ1n) is 20.9. The van der Waals surface area contributed by atoms with Crippen LogP contribution in [0.2, 0.25) is 0 Å². The summed E-state index contributed by atoms with van der Waals surface area (Å²) in [6.07, 6.45) is 7.29. The molecule has 0 spiro atoms. The first-order valence-corrected chi connectivity index (χ1v) is 20.9. The molecule has 2 unspecified atom stereocenters. The number of aromatic amines is 2. The zero-order valence-electron chi connectivity index (χ0n) is 34.2. The highest BCUT2D eigenvalue weighted by atomic mass is 16.6. The van der Waals surface area contributed by atoms with E-state index in [0.29, 0.717) is 30.9 Å². The molecule has 14 heteroatoms. The maximum Gasteiger partial charge on any atom is 0.407 e. The molecule has 3 fully saturated rings. The Hall–Kier alpha value is -6.44. The number of alkyl carbamates (subject to hydrolysis) is 1. The quantitative estimate of drug-likeness (QED) is 0.0935. The number of amides is 4. The van der Waals surface area contributed by atoms with Gasteiger partial charge in [0, 0.05) is 25.0 Å². The van der Waals surface area contributed by atoms with Crippen LogP contribution in [0.4, 0.5) is 9.59 Å². The molecule has 0 radical (unpaired) electrons. The van der Waals surface area contributed by atoms with E-state index in [0.717, 1.165) is 78.0 Å². The third kappa shape index (κ3) is 8.92. The SMILES string of the molecule is CC(C)(C)OC(=O)NC1CCC(C(=O)N2CCC[C@H]2c2ncc(-c3ccc(-c4ccc(-c5cnc([C@@H]6CCCN6C(=O)[C@H](NC(=O)O)c6ccccc6)[nH]5)cc4)cc3)[nH]2)C1. The second-order valence-electron chi connectivity index (χ2n) is 17.0. The number of rotatable bonds is 10. The fourth-order valence-electron chi connectivity index (χ4n) is 8.89. The van der Waals surface area contributed by atoms with Crippen molar-refractivity contribution in [2.45, 2.75) is 95.5 Å². The maximum absolute atomic E-state index is 13.7. The van der Waals surface area contributed by atoms with Gasteiger partial charge in [-0.25, -0.2) is 19.6 Å². The van der Waals surface area contributed by atoms with Gasteiger partial charge < -0.3 is 40.2 Å². The number of hydrogen-bond acceptors (Lipinski definition) is 7. The molecule has 5 aromatic rings. The molecule has 8 rings (SSSR count). The molecule has 0 bridgehead atoms. The standard InChI is InChI=1S/C46H52N8O6/c1-46(2,3)60-45(59)49-34-22-21-33(25-34)42(55)53-23-7-11-37(53)40-47-26-35(50-40)30-17-13-28(14-18-30)29-15-19-31(20-16-29)36-27-48-41(51-36)38-12-8-24-54(38)43(56)39(52-44(57)58)32-9-5-4-6-10-32/h4-6,9-10,13-20,26-27,33-34,37-39,52H,7-8,11-12,21-25H2,1-3H3,(H,47,50)(H,48,51)(H,49,59)(H,57,58)/t33?,34?,37-,38-,39+/m0/s1. The minimum atomic E-state index is -1.26. The van der Waals surface area contributed by atoms with E-state index >= 15 is 0 Å². The largest absolute Gasteiger partial charge is 0.465 e. The Morgan fingerprint density at radius 1 is 0.733 bits per heavy atom. The number of nitrogens with one attached hydrogen (secondary N) is 4. The van der Waals surface area contributed by atoms with Crippen LogP contribution in [0, 0.1) is 5.92 Å². The number of nitrogens with zero attached hydrogens (tertiary/aromatic N) is 4. The van der Waals surface area contributed by atoms with Crippen molar-refractivity contribution in [1.29, 1.82) is 0 Å². The predicted octanol–water partition coefficient (Wildman–Crippen LogP) is 8.16. The molecular weight excluding hydrogens is 761 g/mol. The van der Waals surface area contributed by atoms with Gasteiger partial charge in [0.25, 0.3) is 5.91 Å². The van der Waals surface area contributed by atoms with Crippen molar-refractivity contribution in [3.8, 4) is 33.6 Å². The summed E-state index contributed by atoms with van der Waals surface area (Å²) in [4.78, 5) is 71.4. The van der Waals surface area contributed by atoms with E-state index in [-0.39, 0.29) is 35.9 Å². The predicted molar refractivity (Wildman–Crippen MR) is 225 cm³/mol. The molecule has 60 heavy (non-hydrogen) atoms. The molecule has 5 atom stereocenters. The van der Waals surface area contributed by atoms with Gasteiger partial charge in [-0.15, -0.1) is 0 Å². The lowest BCUT2D eigenvalue weighted by atomic mass is 10.0. The maximum atomic E-state index is 13.7. The van der Waals surface area contributed by atoms with E-state index in [1.807, 2.05) is 50.1 Å². The number of carbonyl (C=O) groups is 4. The highest BCUT2D eigenvalue weighted by Gasteiger charge is 2.40. The summed E-state index contributed by atoms with van der Waals surface area (Å²) < 4.78 is 5.42. The molecule has 4 heterocycles. The smallest absolute Gasteiger partial charge is 0.407 e. The molecule has 1 saturated carbocycles. The van der Waals surface area contributed by atoms with Crippen LogP contribution in [-0.4, -0.2) is 83.6 Å². The van der Waals surface area contributed by atoms with Crippen LogP contribution >= 0.6 is 0 Å². The van der Waals surface area contributed by atoms with E-state index in [9.17, 15) is 24.3 Å². The van der Waals surface area contributed by atoms with E-state index in [1.54, 1.807) is 35.4 Å². The Balaban J connectivity index is 0.885. The normalized spacial score (nSPS) is 20.9. The van der Waals surface area contributed by atoms with Crippen molar-refractivity contribution >= 4 is 24.0 Å². The van der Waals surface area contributed by atoms with Crippen LogP contribution in [0.25, 0.3) is 33.6 Å². The summed E-state index contributed by atoms with van der Waals surface area (Å²) in [6.45, 7) is 6.72. The Labute approximate surface area is 349 Å². The molecule has 312 valence electrons. The highest BCUT2D eigenvalue weighted by Crippen LogP contribution is 2.37. The summed E-state index contributed by atoms with van der Waals surface area (Å²) in [5, 5.41) is 14.8. The van der Waals surface area contributed by atoms with Crippen molar-refractivity contribution in [2.75, 3.05) is 13.1 Å². The third-order valence-electron chi connectivity index (χ3n) is 11.8.